The van der Waals surface area contributed by atoms with Crippen LogP contribution in [0.4, 0.5) is 25.0 Å². The van der Waals surface area contributed by atoms with Crippen LogP contribution in [0, 0.1) is 21.7 Å². The van der Waals surface area contributed by atoms with Crippen LogP contribution in [0.1, 0.15) is 5.56 Å². The molecule has 0 atom stereocenters. The molecule has 2 aromatic rings. The van der Waals surface area contributed by atoms with Crippen molar-refractivity contribution in [1.29, 1.82) is 0 Å². The van der Waals surface area contributed by atoms with Gasteiger partial charge in [-0.25, -0.2) is 13.6 Å². The number of halogens is 2. The Morgan fingerprint density at radius 1 is 1.22 bits per heavy atom. The van der Waals surface area contributed by atoms with E-state index in [0.717, 1.165) is 12.1 Å². The molecule has 0 radical (unpaired) electrons. The number of nitro groups is 1. The number of hydrogen-bond acceptors (Lipinski definition) is 3. The fraction of sp³-hybridized carbons (Fsp3) is 0.133. The summed E-state index contributed by atoms with van der Waals surface area (Å²) in [6.07, 6.45) is 0. The van der Waals surface area contributed by atoms with E-state index in [1.54, 1.807) is 0 Å². The molecule has 0 aliphatic rings. The van der Waals surface area contributed by atoms with Gasteiger partial charge in [0.1, 0.15) is 11.6 Å². The van der Waals surface area contributed by atoms with Crippen molar-refractivity contribution in [2.45, 2.75) is 6.54 Å². The highest BCUT2D eigenvalue weighted by atomic mass is 19.1. The molecule has 0 saturated carbocycles. The van der Waals surface area contributed by atoms with Gasteiger partial charge in [-0.15, -0.1) is 0 Å². The zero-order valence-electron chi connectivity index (χ0n) is 12.1. The van der Waals surface area contributed by atoms with Gasteiger partial charge in [-0.1, -0.05) is 6.07 Å². The molecule has 0 bridgehead atoms. The second-order valence-electron chi connectivity index (χ2n) is 4.83. The number of rotatable bonds is 4. The molecule has 8 heteroatoms. The van der Waals surface area contributed by atoms with E-state index in [0.29, 0.717) is 5.69 Å². The lowest BCUT2D eigenvalue weighted by atomic mass is 10.2. The molecule has 1 N–H and O–H groups in total. The van der Waals surface area contributed by atoms with Gasteiger partial charge in [0.2, 0.25) is 0 Å². The van der Waals surface area contributed by atoms with Gasteiger partial charge in [0, 0.05) is 43.0 Å². The number of carbonyl (C=O) groups excluding carboxylic acids is 1. The second kappa shape index (κ2) is 6.82. The van der Waals surface area contributed by atoms with Crippen LogP contribution in [0.2, 0.25) is 0 Å². The van der Waals surface area contributed by atoms with Crippen molar-refractivity contribution in [3.63, 3.8) is 0 Å². The van der Waals surface area contributed by atoms with Gasteiger partial charge in [0.05, 0.1) is 4.92 Å². The minimum absolute atomic E-state index is 0.0507. The summed E-state index contributed by atoms with van der Waals surface area (Å²) in [7, 11) is 1.45. The molecule has 2 amide bonds. The lowest BCUT2D eigenvalue weighted by Crippen LogP contribution is -2.31. The standard InChI is InChI=1S/C15H13F2N3O3/c1-19(9-10-2-3-11(16)8-14(10)17)15(21)18-12-4-6-13(7-5-12)20(22)23/h2-8H,9H2,1H3,(H,18,21). The summed E-state index contributed by atoms with van der Waals surface area (Å²) in [5.41, 5.74) is 0.449. The van der Waals surface area contributed by atoms with Crippen molar-refractivity contribution in [2.24, 2.45) is 0 Å². The Hall–Kier alpha value is -3.03. The molecule has 0 aliphatic carbocycles. The highest BCUT2D eigenvalue weighted by Crippen LogP contribution is 2.16. The quantitative estimate of drug-likeness (QED) is 0.691. The first-order valence-corrected chi connectivity index (χ1v) is 6.57. The molecule has 23 heavy (non-hydrogen) atoms. The summed E-state index contributed by atoms with van der Waals surface area (Å²) in [5, 5.41) is 13.1. The zero-order valence-corrected chi connectivity index (χ0v) is 12.1. The molecule has 120 valence electrons. The van der Waals surface area contributed by atoms with Crippen molar-refractivity contribution >= 4 is 17.4 Å². The summed E-state index contributed by atoms with van der Waals surface area (Å²) < 4.78 is 26.4. The van der Waals surface area contributed by atoms with Gasteiger partial charge >= 0.3 is 6.03 Å². The minimum Gasteiger partial charge on any atom is -0.323 e. The highest BCUT2D eigenvalue weighted by Gasteiger charge is 2.13. The molecular formula is C15H13F2N3O3. The van der Waals surface area contributed by atoms with Crippen molar-refractivity contribution in [3.8, 4) is 0 Å². The molecule has 0 unspecified atom stereocenters. The van der Waals surface area contributed by atoms with E-state index >= 15 is 0 Å². The van der Waals surface area contributed by atoms with Gasteiger partial charge in [-0.2, -0.15) is 0 Å². The molecule has 2 aromatic carbocycles. The van der Waals surface area contributed by atoms with Crippen molar-refractivity contribution < 1.29 is 18.5 Å². The first-order valence-electron chi connectivity index (χ1n) is 6.57. The highest BCUT2D eigenvalue weighted by molar-refractivity contribution is 5.89. The van der Waals surface area contributed by atoms with Gasteiger partial charge in [0.15, 0.2) is 0 Å². The van der Waals surface area contributed by atoms with Crippen LogP contribution in [0.25, 0.3) is 0 Å². The summed E-state index contributed by atoms with van der Waals surface area (Å²) in [5.74, 6) is -1.43. The summed E-state index contributed by atoms with van der Waals surface area (Å²) in [6, 6.07) is 7.90. The fourth-order valence-electron chi connectivity index (χ4n) is 1.86. The molecular weight excluding hydrogens is 308 g/mol. The van der Waals surface area contributed by atoms with Gasteiger partial charge in [0.25, 0.3) is 5.69 Å². The number of benzene rings is 2. The maximum atomic E-state index is 13.6. The lowest BCUT2D eigenvalue weighted by molar-refractivity contribution is -0.384. The minimum atomic E-state index is -0.736. The number of urea groups is 1. The zero-order chi connectivity index (χ0) is 17.0. The van der Waals surface area contributed by atoms with Crippen LogP contribution in [0.5, 0.6) is 0 Å². The van der Waals surface area contributed by atoms with Crippen LogP contribution in [-0.2, 0) is 6.54 Å². The molecule has 6 nitrogen and oxygen atoms in total. The third-order valence-electron chi connectivity index (χ3n) is 3.10. The van der Waals surface area contributed by atoms with Crippen LogP contribution in [0.15, 0.2) is 42.5 Å². The maximum Gasteiger partial charge on any atom is 0.321 e. The summed E-state index contributed by atoms with van der Waals surface area (Å²) in [4.78, 5) is 23.2. The van der Waals surface area contributed by atoms with Crippen LogP contribution in [-0.4, -0.2) is 22.9 Å². The van der Waals surface area contributed by atoms with E-state index in [1.165, 1.54) is 42.3 Å². The Morgan fingerprint density at radius 2 is 1.87 bits per heavy atom. The van der Waals surface area contributed by atoms with E-state index in [-0.39, 0.29) is 17.8 Å². The van der Waals surface area contributed by atoms with Crippen LogP contribution >= 0.6 is 0 Å². The van der Waals surface area contributed by atoms with Crippen LogP contribution in [0.3, 0.4) is 0 Å². The number of nitrogens with one attached hydrogen (secondary N) is 1. The Labute approximate surface area is 130 Å². The average molecular weight is 321 g/mol. The number of amides is 2. The summed E-state index contributed by atoms with van der Waals surface area (Å²) in [6.45, 7) is -0.0507. The largest absolute Gasteiger partial charge is 0.323 e. The molecule has 0 saturated heterocycles. The molecule has 0 fully saturated rings. The number of non-ortho nitro benzene ring substituents is 1. The predicted molar refractivity (Wildman–Crippen MR) is 79.9 cm³/mol. The van der Waals surface area contributed by atoms with E-state index in [4.69, 9.17) is 0 Å². The molecule has 0 spiro atoms. The normalized spacial score (nSPS) is 10.2. The maximum absolute atomic E-state index is 13.6. The van der Waals surface area contributed by atoms with E-state index in [9.17, 15) is 23.7 Å². The predicted octanol–water partition coefficient (Wildman–Crippen LogP) is 3.54. The van der Waals surface area contributed by atoms with Gasteiger partial charge in [-0.3, -0.25) is 10.1 Å². The van der Waals surface area contributed by atoms with Gasteiger partial charge in [-0.05, 0) is 18.2 Å². The molecule has 2 rings (SSSR count). The smallest absolute Gasteiger partial charge is 0.321 e. The number of nitrogens with zero attached hydrogens (tertiary/aromatic N) is 2. The van der Waals surface area contributed by atoms with Crippen molar-refractivity contribution in [2.75, 3.05) is 12.4 Å². The topological polar surface area (TPSA) is 75.5 Å². The number of hydrogen-bond donors (Lipinski definition) is 1. The van der Waals surface area contributed by atoms with Gasteiger partial charge < -0.3 is 10.2 Å². The van der Waals surface area contributed by atoms with Crippen molar-refractivity contribution in [1.82, 2.24) is 4.90 Å². The molecule has 0 heterocycles. The number of carbonyl (C=O) groups is 1. The lowest BCUT2D eigenvalue weighted by Gasteiger charge is -2.18. The number of nitro benzene ring substituents is 1. The Balaban J connectivity index is 2.00. The van der Waals surface area contributed by atoms with E-state index in [2.05, 4.69) is 5.32 Å². The fourth-order valence-corrected chi connectivity index (χ4v) is 1.86. The first-order chi connectivity index (χ1) is 10.9. The first kappa shape index (κ1) is 16.3. The monoisotopic (exact) mass is 321 g/mol. The summed E-state index contributed by atoms with van der Waals surface area (Å²) >= 11 is 0. The Bertz CT molecular complexity index is 735. The molecule has 0 aromatic heterocycles. The Kier molecular flexibility index (Phi) is 4.85. The SMILES string of the molecule is CN(Cc1ccc(F)cc1F)C(=O)Nc1ccc([N+](=O)[O-])cc1. The van der Waals surface area contributed by atoms with Crippen LogP contribution < -0.4 is 5.32 Å². The molecule has 0 aliphatic heterocycles. The van der Waals surface area contributed by atoms with E-state index < -0.39 is 22.6 Å². The Morgan fingerprint density at radius 3 is 2.43 bits per heavy atom. The van der Waals surface area contributed by atoms with Crippen molar-refractivity contribution in [3.05, 3.63) is 69.8 Å². The van der Waals surface area contributed by atoms with E-state index in [1.807, 2.05) is 0 Å². The second-order valence-corrected chi connectivity index (χ2v) is 4.83. The third kappa shape index (κ3) is 4.22. The average Bonchev–Trinajstić information content (AvgIpc) is 2.50. The number of anilines is 1. The third-order valence-corrected chi connectivity index (χ3v) is 3.10.